The molecule has 392 valence electrons. The topological polar surface area (TPSA) is 267 Å². The minimum absolute atomic E-state index is 0.0239. The van der Waals surface area contributed by atoms with Crippen molar-refractivity contribution in [2.45, 2.75) is 129 Å². The molecule has 23 heteroatoms. The lowest BCUT2D eigenvalue weighted by molar-refractivity contribution is -0.910. The predicted octanol–water partition coefficient (Wildman–Crippen LogP) is 2.95. The van der Waals surface area contributed by atoms with Gasteiger partial charge in [0.05, 0.1) is 104 Å². The lowest BCUT2D eigenvalue weighted by Gasteiger charge is -2.37. The fraction of sp³-hybridized carbons (Fsp3) is 1.00. The molecule has 0 aromatic carbocycles. The molecule has 0 aromatic rings. The van der Waals surface area contributed by atoms with Crippen molar-refractivity contribution < 1.29 is 72.0 Å². The van der Waals surface area contributed by atoms with E-state index in [1.165, 1.54) is 77.0 Å². The van der Waals surface area contributed by atoms with Crippen molar-refractivity contribution in [2.75, 3.05) is 142 Å². The highest BCUT2D eigenvalue weighted by molar-refractivity contribution is 7.86. The molecule has 4 N–H and O–H groups in total. The molecule has 0 amide bonds. The van der Waals surface area contributed by atoms with Crippen molar-refractivity contribution in [1.82, 2.24) is 14.7 Å². The van der Waals surface area contributed by atoms with Gasteiger partial charge in [0.2, 0.25) is 0 Å². The molecule has 0 aliphatic carbocycles. The van der Waals surface area contributed by atoms with Gasteiger partial charge in [-0.3, -0.25) is 19.3 Å². The number of nitrogens with zero attached hydrogens (tertiary/aromatic N) is 4. The zero-order valence-electron chi connectivity index (χ0n) is 40.4. The average molecular weight is 1020 g/mol. The zero-order chi connectivity index (χ0) is 48.9. The summed E-state index contributed by atoms with van der Waals surface area (Å²) in [7, 11) is -14.8. The number of quaternary nitrogens is 1. The SMILES string of the molecule is CCCCCCCCCC[N+](C)(CCCCCCCCCC)CCC[Si](OCCN(CCO)CCS(=O)(=O)[O-])(OCCN(CCO)CCS(=O)(=O)[O-])OCCN(CCO)CCS(=O)(=O)O. The fourth-order valence-electron chi connectivity index (χ4n) is 7.76. The van der Waals surface area contributed by atoms with E-state index in [2.05, 4.69) is 20.9 Å². The van der Waals surface area contributed by atoms with E-state index in [1.807, 2.05) is 0 Å². The summed E-state index contributed by atoms with van der Waals surface area (Å²) in [5.74, 6) is -1.89. The van der Waals surface area contributed by atoms with Crippen molar-refractivity contribution >= 4 is 39.2 Å². The van der Waals surface area contributed by atoms with Crippen molar-refractivity contribution in [3.63, 3.8) is 0 Å². The Morgan fingerprint density at radius 1 is 0.462 bits per heavy atom. The number of aliphatic hydroxyl groups is 3. The van der Waals surface area contributed by atoms with Gasteiger partial charge >= 0.3 is 8.80 Å². The predicted molar refractivity (Wildman–Crippen MR) is 255 cm³/mol. The van der Waals surface area contributed by atoms with Crippen LogP contribution in [-0.4, -0.2) is 225 Å². The van der Waals surface area contributed by atoms with Crippen LogP contribution in [0, 0.1) is 0 Å². The van der Waals surface area contributed by atoms with Crippen LogP contribution in [0.15, 0.2) is 0 Å². The second-order valence-electron chi connectivity index (χ2n) is 17.6. The third kappa shape index (κ3) is 40.0. The highest BCUT2D eigenvalue weighted by Gasteiger charge is 2.42. The summed E-state index contributed by atoms with van der Waals surface area (Å²) in [4.78, 5) is 4.79. The molecule has 0 atom stereocenters. The Hall–Kier alpha value is -0.453. The van der Waals surface area contributed by atoms with E-state index in [0.717, 1.165) is 49.8 Å². The summed E-state index contributed by atoms with van der Waals surface area (Å²) in [6.07, 6.45) is 20.0. The number of hydrogen-bond acceptors (Lipinski definition) is 17. The summed E-state index contributed by atoms with van der Waals surface area (Å²) >= 11 is 0. The first-order valence-electron chi connectivity index (χ1n) is 24.3. The van der Waals surface area contributed by atoms with Crippen molar-refractivity contribution in [1.29, 1.82) is 0 Å². The van der Waals surface area contributed by atoms with Crippen molar-refractivity contribution in [3.05, 3.63) is 0 Å². The van der Waals surface area contributed by atoms with Crippen molar-refractivity contribution in [3.8, 4) is 0 Å². The molecule has 0 bridgehead atoms. The molecular weight excluding hydrogens is 925 g/mol. The number of hydrogen-bond donors (Lipinski definition) is 4. The van der Waals surface area contributed by atoms with E-state index < -0.39 is 56.4 Å². The van der Waals surface area contributed by atoms with Crippen molar-refractivity contribution in [2.24, 2.45) is 0 Å². The second kappa shape index (κ2) is 38.3. The van der Waals surface area contributed by atoms with Crippen LogP contribution in [-0.2, 0) is 43.6 Å². The van der Waals surface area contributed by atoms with Crippen LogP contribution in [0.1, 0.15) is 123 Å². The van der Waals surface area contributed by atoms with Crippen LogP contribution in [0.2, 0.25) is 6.04 Å². The Labute approximate surface area is 395 Å². The largest absolute Gasteiger partial charge is 0.748 e. The van der Waals surface area contributed by atoms with Gasteiger partial charge in [0.25, 0.3) is 10.1 Å². The molecule has 0 radical (unpaired) electrons. The van der Waals surface area contributed by atoms with Gasteiger partial charge in [-0.2, -0.15) is 8.42 Å². The van der Waals surface area contributed by atoms with Gasteiger partial charge in [0.15, 0.2) is 0 Å². The summed E-state index contributed by atoms with van der Waals surface area (Å²) in [5, 5.41) is 29.1. The fourth-order valence-corrected chi connectivity index (χ4v) is 11.7. The minimum Gasteiger partial charge on any atom is -0.748 e. The van der Waals surface area contributed by atoms with E-state index >= 15 is 0 Å². The van der Waals surface area contributed by atoms with Crippen LogP contribution in [0.4, 0.5) is 0 Å². The normalized spacial score (nSPS) is 13.3. The first-order chi connectivity index (χ1) is 30.7. The molecule has 0 fully saturated rings. The van der Waals surface area contributed by atoms with Gasteiger partial charge < -0.3 is 42.2 Å². The van der Waals surface area contributed by atoms with Gasteiger partial charge in [0, 0.05) is 71.4 Å². The van der Waals surface area contributed by atoms with E-state index in [9.17, 15) is 54.2 Å². The molecular formula is C42H91N4O15S3Si-. The maximum atomic E-state index is 11.6. The van der Waals surface area contributed by atoms with Gasteiger partial charge in [0.1, 0.15) is 0 Å². The van der Waals surface area contributed by atoms with Gasteiger partial charge in [-0.1, -0.05) is 90.9 Å². The van der Waals surface area contributed by atoms with E-state index in [0.29, 0.717) is 12.5 Å². The first kappa shape index (κ1) is 64.5. The minimum atomic E-state index is -4.54. The van der Waals surface area contributed by atoms with Crippen LogP contribution >= 0.6 is 0 Å². The van der Waals surface area contributed by atoms with Crippen LogP contribution < -0.4 is 0 Å². The standard InChI is InChI=1S/C42H92N4O15S3Si/c1-4-6-8-10-12-14-16-18-30-46(3,31-19-17-15-13-11-9-7-5-2)32-20-42-65(59-36-24-43(21-33-47)27-39-62(50,51)52,60-37-25-44(22-34-48)28-40-63(53,54)55)61-38-26-45(23-35-49)29-41-64(56,57)58/h47-49H,4-42H2,1-3H3,(H2-,50,51,52,53,54,55,56,57,58)/p-1. The molecule has 0 rings (SSSR count). The average Bonchev–Trinajstić information content (AvgIpc) is 3.22. The van der Waals surface area contributed by atoms with Crippen LogP contribution in [0.25, 0.3) is 0 Å². The number of aliphatic hydroxyl groups excluding tert-OH is 3. The highest BCUT2D eigenvalue weighted by Crippen LogP contribution is 2.23. The Kier molecular flexibility index (Phi) is 38.1. The molecule has 0 aromatic heterocycles. The Bertz CT molecular complexity index is 1320. The highest BCUT2D eigenvalue weighted by atomic mass is 32.2. The Morgan fingerprint density at radius 3 is 1.08 bits per heavy atom. The maximum Gasteiger partial charge on any atom is 0.501 e. The summed E-state index contributed by atoms with van der Waals surface area (Å²) in [6, 6.07) is 0.338. The molecule has 0 unspecified atom stereocenters. The second-order valence-corrected chi connectivity index (χ2v) is 24.9. The number of unbranched alkanes of at least 4 members (excludes halogenated alkanes) is 14. The third-order valence-corrected chi connectivity index (χ3v) is 16.7. The number of rotatable bonds is 49. The van der Waals surface area contributed by atoms with Crippen LogP contribution in [0.3, 0.4) is 0 Å². The third-order valence-electron chi connectivity index (χ3n) is 11.7. The van der Waals surface area contributed by atoms with E-state index in [1.54, 1.807) is 14.7 Å². The van der Waals surface area contributed by atoms with Crippen LogP contribution in [0.5, 0.6) is 0 Å². The molecule has 0 saturated carbocycles. The summed E-state index contributed by atoms with van der Waals surface area (Å²) in [6.45, 7) is 6.52. The molecule has 19 nitrogen and oxygen atoms in total. The van der Waals surface area contributed by atoms with Gasteiger partial charge in [-0.05, 0) is 25.7 Å². The van der Waals surface area contributed by atoms with E-state index in [4.69, 9.17) is 13.3 Å². The molecule has 0 spiro atoms. The molecule has 0 aliphatic heterocycles. The Morgan fingerprint density at radius 2 is 0.769 bits per heavy atom. The summed E-state index contributed by atoms with van der Waals surface area (Å²) < 4.78 is 122. The monoisotopic (exact) mass is 1020 g/mol. The van der Waals surface area contributed by atoms with Gasteiger partial charge in [-0.15, -0.1) is 0 Å². The molecule has 0 aliphatic rings. The lowest BCUT2D eigenvalue weighted by Crippen LogP contribution is -2.52. The molecule has 65 heavy (non-hydrogen) atoms. The summed E-state index contributed by atoms with van der Waals surface area (Å²) in [5.41, 5.74) is 0. The molecule has 0 heterocycles. The van der Waals surface area contributed by atoms with E-state index in [-0.39, 0.29) is 98.5 Å². The lowest BCUT2D eigenvalue weighted by atomic mass is 10.1. The first-order valence-corrected chi connectivity index (χ1v) is 31.0. The zero-order valence-corrected chi connectivity index (χ0v) is 43.8. The Balaban J connectivity index is 6.58. The molecule has 0 saturated heterocycles. The van der Waals surface area contributed by atoms with Gasteiger partial charge in [-0.25, -0.2) is 16.8 Å². The maximum absolute atomic E-state index is 11.6. The quantitative estimate of drug-likeness (QED) is 0.0295. The smallest absolute Gasteiger partial charge is 0.501 e.